The first-order valence-electron chi connectivity index (χ1n) is 13.5. The lowest BCUT2D eigenvalue weighted by molar-refractivity contribution is -0.143. The largest absolute Gasteiger partial charge is 0.493 e. The highest BCUT2D eigenvalue weighted by Crippen LogP contribution is 2.37. The maximum absolute atomic E-state index is 14.7. The number of carboxylic acids is 1. The summed E-state index contributed by atoms with van der Waals surface area (Å²) < 4.78 is 26.1. The molecule has 2 N–H and O–H groups in total. The average Bonchev–Trinajstić information content (AvgIpc) is 3.33. The zero-order valence-electron chi connectivity index (χ0n) is 22.2. The fraction of sp³-hybridized carbons (Fsp3) is 0.586. The lowest BCUT2D eigenvalue weighted by Gasteiger charge is -2.27. The highest BCUT2D eigenvalue weighted by atomic mass is 19.1. The number of methoxy groups -OCH3 is 1. The number of hydrogen-bond acceptors (Lipinski definition) is 6. The number of likely N-dealkylation sites (tertiary alicyclic amines) is 1. The number of ether oxygens (including phenoxy) is 2. The molecular weight excluding hydrogens is 473 g/mol. The Hall–Kier alpha value is -2.71. The van der Waals surface area contributed by atoms with Crippen LogP contribution in [0.4, 0.5) is 10.2 Å². The van der Waals surface area contributed by atoms with Crippen LogP contribution in [-0.4, -0.2) is 59.9 Å². The van der Waals surface area contributed by atoms with Gasteiger partial charge < -0.3 is 19.9 Å². The molecule has 37 heavy (non-hydrogen) atoms. The molecule has 1 unspecified atom stereocenters. The first kappa shape index (κ1) is 27.3. The van der Waals surface area contributed by atoms with Gasteiger partial charge in [0, 0.05) is 37.5 Å². The number of rotatable bonds is 12. The topological polar surface area (TPSA) is 83.9 Å². The summed E-state index contributed by atoms with van der Waals surface area (Å²) in [7, 11) is 1.38. The van der Waals surface area contributed by atoms with Crippen LogP contribution in [0.25, 0.3) is 0 Å². The van der Waals surface area contributed by atoms with Gasteiger partial charge in [0.05, 0.1) is 13.2 Å². The number of hydrogen-bond donors (Lipinski definition) is 2. The molecular formula is C29H40FN3O4. The van der Waals surface area contributed by atoms with Crippen LogP contribution in [0.15, 0.2) is 30.5 Å². The molecule has 2 aliphatic heterocycles. The molecule has 202 valence electrons. The van der Waals surface area contributed by atoms with E-state index in [9.17, 15) is 14.3 Å². The monoisotopic (exact) mass is 513 g/mol. The van der Waals surface area contributed by atoms with Crippen molar-refractivity contribution >= 4 is 11.8 Å². The van der Waals surface area contributed by atoms with Gasteiger partial charge in [-0.1, -0.05) is 32.8 Å². The highest BCUT2D eigenvalue weighted by molar-refractivity contribution is 5.77. The molecule has 1 aromatic heterocycles. The van der Waals surface area contributed by atoms with Crippen LogP contribution >= 0.6 is 0 Å². The van der Waals surface area contributed by atoms with Crippen molar-refractivity contribution in [3.63, 3.8) is 0 Å². The van der Waals surface area contributed by atoms with E-state index < -0.39 is 17.8 Å². The van der Waals surface area contributed by atoms with Crippen LogP contribution in [0.5, 0.6) is 5.75 Å². The minimum atomic E-state index is -1.01. The molecule has 1 fully saturated rings. The van der Waals surface area contributed by atoms with Gasteiger partial charge in [0.2, 0.25) is 0 Å². The van der Waals surface area contributed by atoms with Gasteiger partial charge in [-0.2, -0.15) is 0 Å². The van der Waals surface area contributed by atoms with Gasteiger partial charge in [0.1, 0.15) is 11.9 Å². The highest BCUT2D eigenvalue weighted by Gasteiger charge is 2.36. The fourth-order valence-corrected chi connectivity index (χ4v) is 5.50. The molecule has 0 saturated carbocycles. The minimum absolute atomic E-state index is 0.00731. The molecule has 4 rings (SSSR count). The summed E-state index contributed by atoms with van der Waals surface area (Å²) in [6.07, 6.45) is 9.15. The number of unbranched alkanes of at least 4 members (excludes halogenated alkanes) is 2. The fourth-order valence-electron chi connectivity index (χ4n) is 5.50. The van der Waals surface area contributed by atoms with E-state index >= 15 is 0 Å². The first-order valence-corrected chi connectivity index (χ1v) is 13.5. The summed E-state index contributed by atoms with van der Waals surface area (Å²) in [6.45, 7) is 5.68. The Labute approximate surface area is 219 Å². The molecule has 3 atom stereocenters. The number of nitrogens with zero attached hydrogens (tertiary/aromatic N) is 2. The quantitative estimate of drug-likeness (QED) is 0.360. The van der Waals surface area contributed by atoms with E-state index in [1.807, 2.05) is 31.0 Å². The number of benzene rings is 1. The summed E-state index contributed by atoms with van der Waals surface area (Å²) in [6, 6.07) is 6.85. The number of halogens is 1. The second-order valence-corrected chi connectivity index (χ2v) is 10.5. The van der Waals surface area contributed by atoms with Crippen molar-refractivity contribution < 1.29 is 23.8 Å². The van der Waals surface area contributed by atoms with Crippen LogP contribution < -0.4 is 10.1 Å². The normalized spacial score (nSPS) is 20.5. The van der Waals surface area contributed by atoms with Gasteiger partial charge in [0.15, 0.2) is 11.6 Å². The molecule has 3 heterocycles. The third kappa shape index (κ3) is 6.79. The maximum Gasteiger partial charge on any atom is 0.325 e. The lowest BCUT2D eigenvalue weighted by atomic mass is 9.95. The maximum atomic E-state index is 14.7. The molecule has 2 aromatic rings. The van der Waals surface area contributed by atoms with Crippen LogP contribution in [0.3, 0.4) is 0 Å². The van der Waals surface area contributed by atoms with Gasteiger partial charge in [-0.3, -0.25) is 9.69 Å². The van der Waals surface area contributed by atoms with E-state index in [1.165, 1.54) is 18.7 Å². The first-order chi connectivity index (χ1) is 17.9. The third-order valence-electron chi connectivity index (χ3n) is 7.58. The number of pyridine rings is 1. The van der Waals surface area contributed by atoms with E-state index in [0.717, 1.165) is 56.3 Å². The van der Waals surface area contributed by atoms with E-state index in [4.69, 9.17) is 9.47 Å². The molecule has 8 heteroatoms. The van der Waals surface area contributed by atoms with Gasteiger partial charge in [-0.25, -0.2) is 9.37 Å². The van der Waals surface area contributed by atoms with Crippen molar-refractivity contribution in [3.8, 4) is 5.75 Å². The second kappa shape index (κ2) is 12.7. The summed E-state index contributed by atoms with van der Waals surface area (Å²) in [5.74, 6) is -0.416. The molecule has 1 aromatic carbocycles. The Morgan fingerprint density at radius 2 is 2.11 bits per heavy atom. The Morgan fingerprint density at radius 1 is 1.27 bits per heavy atom. The number of fused-ring (bicyclic) bond motifs is 1. The lowest BCUT2D eigenvalue weighted by Crippen LogP contribution is -2.34. The standard InChI is InChI=1S/C29H40FN3O4/c1-19(2)21-16-24(27(36-3)25(30)17-21)26(29(34)35)33-14-12-23(18-33)37-15-6-4-5-9-22-11-10-20-8-7-13-31-28(20)32-22/h7-8,13,16-17,19,22-23,26H,4-6,9-12,14-15,18H2,1-3H3,(H,31,32)(H,34,35)/t22-,23-,26?/m1/s1. The Kier molecular flexibility index (Phi) is 9.38. The van der Waals surface area contributed by atoms with Crippen LogP contribution in [-0.2, 0) is 16.0 Å². The summed E-state index contributed by atoms with van der Waals surface area (Å²) in [4.78, 5) is 18.6. The molecule has 2 aliphatic rings. The Bertz CT molecular complexity index is 1060. The number of anilines is 1. The van der Waals surface area contributed by atoms with E-state index in [2.05, 4.69) is 16.4 Å². The number of aryl methyl sites for hydroxylation is 1. The molecule has 1 saturated heterocycles. The number of carbonyl (C=O) groups is 1. The number of carboxylic acid groups (broad SMARTS) is 1. The zero-order chi connectivity index (χ0) is 26.4. The van der Waals surface area contributed by atoms with Crippen LogP contribution in [0.2, 0.25) is 0 Å². The van der Waals surface area contributed by atoms with Crippen LogP contribution in [0, 0.1) is 5.82 Å². The van der Waals surface area contributed by atoms with Crippen LogP contribution in [0.1, 0.15) is 81.0 Å². The van der Waals surface area contributed by atoms with Gasteiger partial charge in [-0.05, 0) is 67.3 Å². The van der Waals surface area contributed by atoms with E-state index in [-0.39, 0.29) is 17.8 Å². The number of aromatic nitrogens is 1. The van der Waals surface area contributed by atoms with E-state index in [0.29, 0.717) is 31.3 Å². The zero-order valence-corrected chi connectivity index (χ0v) is 22.2. The van der Waals surface area contributed by atoms with Crippen molar-refractivity contribution in [1.82, 2.24) is 9.88 Å². The van der Waals surface area contributed by atoms with Crippen molar-refractivity contribution in [2.45, 2.75) is 82.9 Å². The Morgan fingerprint density at radius 3 is 2.86 bits per heavy atom. The van der Waals surface area contributed by atoms with Gasteiger partial charge in [-0.15, -0.1) is 0 Å². The van der Waals surface area contributed by atoms with Gasteiger partial charge in [0.25, 0.3) is 0 Å². The molecule has 0 aliphatic carbocycles. The van der Waals surface area contributed by atoms with Crippen molar-refractivity contribution in [3.05, 3.63) is 53.0 Å². The summed E-state index contributed by atoms with van der Waals surface area (Å²) in [5.41, 5.74) is 2.43. The number of nitrogens with one attached hydrogen (secondary N) is 1. The van der Waals surface area contributed by atoms with Crippen molar-refractivity contribution in [1.29, 1.82) is 0 Å². The SMILES string of the molecule is COc1c(F)cc(C(C)C)cc1C(C(=O)O)N1CC[C@@H](OCCCCC[C@@H]2CCc3cccnc3N2)C1. The minimum Gasteiger partial charge on any atom is -0.493 e. The predicted molar refractivity (Wildman–Crippen MR) is 142 cm³/mol. The number of aliphatic carboxylic acids is 1. The van der Waals surface area contributed by atoms with E-state index in [1.54, 1.807) is 6.07 Å². The average molecular weight is 514 g/mol. The molecule has 0 bridgehead atoms. The summed E-state index contributed by atoms with van der Waals surface area (Å²) in [5, 5.41) is 13.6. The summed E-state index contributed by atoms with van der Waals surface area (Å²) >= 11 is 0. The second-order valence-electron chi connectivity index (χ2n) is 10.5. The Balaban J connectivity index is 1.23. The third-order valence-corrected chi connectivity index (χ3v) is 7.58. The molecule has 0 spiro atoms. The van der Waals surface area contributed by atoms with Crippen molar-refractivity contribution in [2.24, 2.45) is 0 Å². The predicted octanol–water partition coefficient (Wildman–Crippen LogP) is 5.56. The molecule has 0 amide bonds. The van der Waals surface area contributed by atoms with Crippen molar-refractivity contribution in [2.75, 3.05) is 32.1 Å². The smallest absolute Gasteiger partial charge is 0.325 e. The molecule has 7 nitrogen and oxygen atoms in total. The molecule has 0 radical (unpaired) electrons. The van der Waals surface area contributed by atoms with Gasteiger partial charge >= 0.3 is 5.97 Å².